The normalized spacial score (nSPS) is 19.3. The molecule has 0 saturated carbocycles. The Morgan fingerprint density at radius 3 is 2.36 bits per heavy atom. The number of esters is 1. The number of nitrogens with one attached hydrogen (secondary N) is 1. The van der Waals surface area contributed by atoms with E-state index in [1.165, 1.54) is 4.90 Å². The molecule has 5 rings (SSSR count). The van der Waals surface area contributed by atoms with Crippen LogP contribution in [0.25, 0.3) is 10.9 Å². The van der Waals surface area contributed by atoms with Gasteiger partial charge in [-0.25, -0.2) is 0 Å². The molecule has 1 aromatic heterocycles. The van der Waals surface area contributed by atoms with Gasteiger partial charge >= 0.3 is 5.97 Å². The third kappa shape index (κ3) is 5.36. The van der Waals surface area contributed by atoms with E-state index in [0.29, 0.717) is 25.1 Å². The monoisotopic (exact) mass is 593 g/mol. The van der Waals surface area contributed by atoms with Crippen LogP contribution in [0.2, 0.25) is 0 Å². The first-order chi connectivity index (χ1) is 20.0. The van der Waals surface area contributed by atoms with Gasteiger partial charge < -0.3 is 30.2 Å². The summed E-state index contributed by atoms with van der Waals surface area (Å²) in [7, 11) is 3.34. The van der Waals surface area contributed by atoms with Gasteiger partial charge in [0, 0.05) is 42.7 Å². The highest BCUT2D eigenvalue weighted by atomic mass is 35.5. The average Bonchev–Trinajstić information content (AvgIpc) is 3.34. The maximum atomic E-state index is 13.4. The number of rotatable bonds is 7. The Balaban J connectivity index is 1.42. The lowest BCUT2D eigenvalue weighted by Gasteiger charge is -2.42. The summed E-state index contributed by atoms with van der Waals surface area (Å²) in [4.78, 5) is 60.2. The Morgan fingerprint density at radius 1 is 1.07 bits per heavy atom. The molecular formula is C31H36ClN5O5. The van der Waals surface area contributed by atoms with Crippen molar-refractivity contribution in [1.82, 2.24) is 19.7 Å². The average molecular weight is 594 g/mol. The van der Waals surface area contributed by atoms with Crippen LogP contribution in [0.15, 0.2) is 48.5 Å². The predicted octanol–water partition coefficient (Wildman–Crippen LogP) is 2.69. The molecule has 3 aromatic rings. The predicted molar refractivity (Wildman–Crippen MR) is 159 cm³/mol. The molecule has 0 aliphatic carbocycles. The summed E-state index contributed by atoms with van der Waals surface area (Å²) in [6.45, 7) is 4.29. The van der Waals surface area contributed by atoms with Gasteiger partial charge in [-0.2, -0.15) is 0 Å². The SMILES string of the molecule is CC(C)[C@H](N)C(=O)OC1CN(C(=O)c2ccc([C@H]3c4[nH]c5ccccc5c4C[C@H](C(=O)N(C)C)N3C(=O)CCl)cc2)C1. The first-order valence-corrected chi connectivity index (χ1v) is 14.6. The molecule has 0 radical (unpaired) electrons. The van der Waals surface area contributed by atoms with E-state index in [2.05, 4.69) is 4.98 Å². The second kappa shape index (κ2) is 11.8. The number of ether oxygens (including phenoxy) is 1. The largest absolute Gasteiger partial charge is 0.457 e. The number of alkyl halides is 1. The number of hydrogen-bond donors (Lipinski definition) is 2. The minimum atomic E-state index is -0.742. The topological polar surface area (TPSA) is 129 Å². The number of amides is 3. The molecule has 0 unspecified atom stereocenters. The van der Waals surface area contributed by atoms with Crippen molar-refractivity contribution in [2.24, 2.45) is 11.7 Å². The summed E-state index contributed by atoms with van der Waals surface area (Å²) in [5.74, 6) is -1.51. The lowest BCUT2D eigenvalue weighted by atomic mass is 9.87. The van der Waals surface area contributed by atoms with E-state index in [1.807, 2.05) is 50.2 Å². The highest BCUT2D eigenvalue weighted by molar-refractivity contribution is 6.27. The zero-order chi connectivity index (χ0) is 30.3. The van der Waals surface area contributed by atoms with E-state index < -0.39 is 24.1 Å². The number of nitrogens with two attached hydrogens (primary N) is 1. The Labute approximate surface area is 249 Å². The van der Waals surface area contributed by atoms with E-state index in [9.17, 15) is 19.2 Å². The van der Waals surface area contributed by atoms with Crippen molar-refractivity contribution in [2.75, 3.05) is 33.1 Å². The van der Waals surface area contributed by atoms with Gasteiger partial charge in [0.15, 0.2) is 0 Å². The fraction of sp³-hybridized carbons (Fsp3) is 0.419. The minimum Gasteiger partial charge on any atom is -0.457 e. The lowest BCUT2D eigenvalue weighted by molar-refractivity contribution is -0.158. The number of hydrogen-bond acceptors (Lipinski definition) is 6. The van der Waals surface area contributed by atoms with Gasteiger partial charge in [-0.05, 0) is 35.2 Å². The number of nitrogens with zero attached hydrogens (tertiary/aromatic N) is 3. The number of carbonyl (C=O) groups excluding carboxylic acids is 4. The number of aromatic nitrogens is 1. The van der Waals surface area contributed by atoms with Gasteiger partial charge in [0.25, 0.3) is 5.91 Å². The highest BCUT2D eigenvalue weighted by Crippen LogP contribution is 2.41. The van der Waals surface area contributed by atoms with Gasteiger partial charge in [0.05, 0.1) is 19.1 Å². The summed E-state index contributed by atoms with van der Waals surface area (Å²) in [6, 6.07) is 12.9. The van der Waals surface area contributed by atoms with Crippen molar-refractivity contribution in [2.45, 2.75) is 44.5 Å². The van der Waals surface area contributed by atoms with E-state index in [1.54, 1.807) is 36.0 Å². The van der Waals surface area contributed by atoms with Crippen molar-refractivity contribution < 1.29 is 23.9 Å². The summed E-state index contributed by atoms with van der Waals surface area (Å²) in [6.07, 6.45) is -0.0241. The Bertz CT molecular complexity index is 1510. The minimum absolute atomic E-state index is 0.0367. The summed E-state index contributed by atoms with van der Waals surface area (Å²) >= 11 is 6.08. The molecule has 0 bridgehead atoms. The van der Waals surface area contributed by atoms with Crippen molar-refractivity contribution in [3.63, 3.8) is 0 Å². The number of carbonyl (C=O) groups is 4. The van der Waals surface area contributed by atoms with E-state index in [4.69, 9.17) is 22.1 Å². The number of likely N-dealkylation sites (N-methyl/N-ethyl adjacent to an activating group) is 1. The second-order valence-electron chi connectivity index (χ2n) is 11.5. The van der Waals surface area contributed by atoms with Gasteiger partial charge in [0.1, 0.15) is 24.1 Å². The third-order valence-electron chi connectivity index (χ3n) is 8.14. The molecule has 3 atom stereocenters. The molecule has 2 aliphatic heterocycles. The molecule has 1 saturated heterocycles. The van der Waals surface area contributed by atoms with Crippen LogP contribution in [0, 0.1) is 5.92 Å². The van der Waals surface area contributed by atoms with Gasteiger partial charge in [-0.1, -0.05) is 44.2 Å². The Morgan fingerprint density at radius 2 is 1.74 bits per heavy atom. The molecule has 3 heterocycles. The molecule has 3 N–H and O–H groups in total. The number of benzene rings is 2. The second-order valence-corrected chi connectivity index (χ2v) is 11.8. The van der Waals surface area contributed by atoms with Crippen LogP contribution in [0.3, 0.4) is 0 Å². The number of para-hydroxylation sites is 1. The van der Waals surface area contributed by atoms with Gasteiger partial charge in [0.2, 0.25) is 11.8 Å². The van der Waals surface area contributed by atoms with Crippen molar-refractivity contribution in [3.8, 4) is 0 Å². The summed E-state index contributed by atoms with van der Waals surface area (Å²) in [5, 5.41) is 1.00. The molecule has 2 aromatic carbocycles. The molecule has 1 fully saturated rings. The van der Waals surface area contributed by atoms with Crippen LogP contribution >= 0.6 is 11.6 Å². The molecule has 2 aliphatic rings. The van der Waals surface area contributed by atoms with E-state index in [0.717, 1.165) is 27.7 Å². The van der Waals surface area contributed by atoms with E-state index in [-0.39, 0.29) is 35.6 Å². The number of aromatic amines is 1. The molecule has 222 valence electrons. The van der Waals surface area contributed by atoms with Crippen molar-refractivity contribution in [1.29, 1.82) is 0 Å². The first-order valence-electron chi connectivity index (χ1n) is 14.0. The van der Waals surface area contributed by atoms with E-state index >= 15 is 0 Å². The van der Waals surface area contributed by atoms with Gasteiger partial charge in [-0.3, -0.25) is 19.2 Å². The van der Waals surface area contributed by atoms with Crippen LogP contribution in [0.1, 0.15) is 47.1 Å². The fourth-order valence-corrected chi connectivity index (χ4v) is 5.83. The third-order valence-corrected chi connectivity index (χ3v) is 8.37. The zero-order valence-electron chi connectivity index (χ0n) is 24.2. The molecular weight excluding hydrogens is 558 g/mol. The molecule has 0 spiro atoms. The van der Waals surface area contributed by atoms with Crippen LogP contribution in [0.4, 0.5) is 0 Å². The van der Waals surface area contributed by atoms with Crippen LogP contribution < -0.4 is 5.73 Å². The molecule has 42 heavy (non-hydrogen) atoms. The van der Waals surface area contributed by atoms with Crippen LogP contribution in [-0.4, -0.2) is 94.6 Å². The maximum Gasteiger partial charge on any atom is 0.323 e. The summed E-state index contributed by atoms with van der Waals surface area (Å²) < 4.78 is 5.43. The standard InChI is InChI=1S/C31H36ClN5O5/c1-17(2)26(33)31(41)42-20-15-36(16-20)29(39)19-11-9-18(10-12-19)28-27-22(21-7-5-6-8-23(21)34-27)13-24(30(40)35(3)4)37(28)25(38)14-32/h5-12,17,20,24,26,28,34H,13-16,33H2,1-4H3/t24-,26+,28+/m1/s1. The Hall–Kier alpha value is -3.89. The first kappa shape index (κ1) is 29.6. The number of fused-ring (bicyclic) bond motifs is 3. The Kier molecular flexibility index (Phi) is 8.30. The summed E-state index contributed by atoms with van der Waals surface area (Å²) in [5.41, 5.74) is 9.79. The molecule has 3 amide bonds. The highest BCUT2D eigenvalue weighted by Gasteiger charge is 2.44. The number of halogens is 1. The van der Waals surface area contributed by atoms with Crippen LogP contribution in [0.5, 0.6) is 0 Å². The quantitative estimate of drug-likeness (QED) is 0.320. The van der Waals surface area contributed by atoms with Crippen LogP contribution in [-0.2, 0) is 25.5 Å². The molecule has 10 nitrogen and oxygen atoms in total. The maximum absolute atomic E-state index is 13.4. The van der Waals surface area contributed by atoms with Gasteiger partial charge in [-0.15, -0.1) is 11.6 Å². The lowest BCUT2D eigenvalue weighted by Crippen LogP contribution is -2.56. The fourth-order valence-electron chi connectivity index (χ4n) is 5.69. The smallest absolute Gasteiger partial charge is 0.323 e. The van der Waals surface area contributed by atoms with Crippen molar-refractivity contribution >= 4 is 46.2 Å². The zero-order valence-corrected chi connectivity index (χ0v) is 24.9. The molecule has 11 heteroatoms. The number of H-pyrrole nitrogens is 1. The number of likely N-dealkylation sites (tertiary alicyclic amines) is 1. The van der Waals surface area contributed by atoms with Crippen molar-refractivity contribution in [3.05, 3.63) is 70.9 Å².